The smallest absolute Gasteiger partial charge is 0.287 e. The predicted octanol–water partition coefficient (Wildman–Crippen LogP) is 3.05. The van der Waals surface area contributed by atoms with Crippen LogP contribution in [0.25, 0.3) is 11.3 Å². The van der Waals surface area contributed by atoms with Gasteiger partial charge < -0.3 is 14.5 Å². The number of carbonyl (C=O) groups excluding carboxylic acids is 1. The molecule has 9 nitrogen and oxygen atoms in total. The second-order valence-electron chi connectivity index (χ2n) is 6.75. The first-order chi connectivity index (χ1) is 15.3. The van der Waals surface area contributed by atoms with E-state index >= 15 is 0 Å². The van der Waals surface area contributed by atoms with Crippen molar-refractivity contribution in [2.75, 3.05) is 6.54 Å². The number of H-pyrrole nitrogens is 1. The summed E-state index contributed by atoms with van der Waals surface area (Å²) in [5.74, 6) is 0.288. The van der Waals surface area contributed by atoms with Gasteiger partial charge in [-0.15, -0.1) is 0 Å². The molecule has 2 aromatic carbocycles. The maximum atomic E-state index is 12.8. The van der Waals surface area contributed by atoms with Gasteiger partial charge in [0.25, 0.3) is 5.91 Å². The van der Waals surface area contributed by atoms with Crippen molar-refractivity contribution < 1.29 is 9.21 Å². The van der Waals surface area contributed by atoms with Crippen molar-refractivity contribution in [3.8, 4) is 11.3 Å². The van der Waals surface area contributed by atoms with Gasteiger partial charge >= 0.3 is 0 Å². The molecular weight excluding hydrogens is 414 g/mol. The molecule has 3 heterocycles. The van der Waals surface area contributed by atoms with E-state index in [0.717, 1.165) is 21.7 Å². The Kier molecular flexibility index (Phi) is 5.19. The van der Waals surface area contributed by atoms with E-state index in [2.05, 4.69) is 35.4 Å². The largest absolute Gasteiger partial charge is 0.448 e. The number of oxazole rings is 1. The zero-order valence-electron chi connectivity index (χ0n) is 16.1. The summed E-state index contributed by atoms with van der Waals surface area (Å²) in [5.41, 5.74) is 3.38. The Morgan fingerprint density at radius 3 is 2.87 bits per heavy atom. The molecule has 1 amide bonds. The highest BCUT2D eigenvalue weighted by Crippen LogP contribution is 2.34. The number of nitrogens with one attached hydrogen (secondary N) is 3. The van der Waals surface area contributed by atoms with Gasteiger partial charge in [-0.3, -0.25) is 4.79 Å². The Balaban J connectivity index is 1.31. The Bertz CT molecular complexity index is 1210. The molecule has 1 atom stereocenters. The van der Waals surface area contributed by atoms with Crippen LogP contribution in [0, 0.1) is 0 Å². The molecule has 4 aromatic rings. The molecule has 2 aromatic heterocycles. The summed E-state index contributed by atoms with van der Waals surface area (Å²) in [6.07, 6.45) is 4.78. The third-order valence-corrected chi connectivity index (χ3v) is 5.64. The molecule has 1 aliphatic heterocycles. The van der Waals surface area contributed by atoms with Crippen LogP contribution in [0.2, 0.25) is 0 Å². The molecule has 154 valence electrons. The number of hydrogen-bond acceptors (Lipinski definition) is 8. The van der Waals surface area contributed by atoms with Crippen LogP contribution < -0.4 is 10.0 Å². The molecule has 0 saturated heterocycles. The summed E-state index contributed by atoms with van der Waals surface area (Å²) in [6, 6.07) is 15.5. The van der Waals surface area contributed by atoms with Crippen LogP contribution in [0.15, 0.2) is 81.5 Å². The molecule has 0 spiro atoms. The lowest BCUT2D eigenvalue weighted by Crippen LogP contribution is -2.40. The molecule has 0 radical (unpaired) electrons. The molecule has 0 aliphatic carbocycles. The van der Waals surface area contributed by atoms with Gasteiger partial charge in [-0.25, -0.2) is 9.98 Å². The van der Waals surface area contributed by atoms with E-state index in [4.69, 9.17) is 4.42 Å². The van der Waals surface area contributed by atoms with Crippen LogP contribution in [-0.2, 0) is 4.79 Å². The summed E-state index contributed by atoms with van der Waals surface area (Å²) in [4.78, 5) is 22.4. The van der Waals surface area contributed by atoms with Crippen LogP contribution in [0.5, 0.6) is 0 Å². The van der Waals surface area contributed by atoms with E-state index < -0.39 is 0 Å². The fourth-order valence-electron chi connectivity index (χ4n) is 3.25. The number of nitrogens with zero attached hydrogens (tertiary/aromatic N) is 4. The van der Waals surface area contributed by atoms with Gasteiger partial charge in [-0.05, 0) is 29.6 Å². The third-order valence-electron chi connectivity index (χ3n) is 4.79. The van der Waals surface area contributed by atoms with Crippen LogP contribution in [0.4, 0.5) is 5.69 Å². The van der Waals surface area contributed by atoms with Crippen molar-refractivity contribution in [1.82, 2.24) is 30.4 Å². The molecule has 1 aliphatic rings. The van der Waals surface area contributed by atoms with Crippen molar-refractivity contribution >= 4 is 29.4 Å². The number of amidine groups is 1. The van der Waals surface area contributed by atoms with Crippen molar-refractivity contribution in [2.24, 2.45) is 4.99 Å². The average molecular weight is 431 g/mol. The second kappa shape index (κ2) is 8.44. The molecular formula is C21H17N7O2S. The van der Waals surface area contributed by atoms with E-state index in [0.29, 0.717) is 18.1 Å². The SMILES string of the molecule is O=C(NCC(c1ccccc1)c1ncco1)C1=Nc2ccc(-c3cn[nH]n3)cc2SN1. The monoisotopic (exact) mass is 431 g/mol. The van der Waals surface area contributed by atoms with Crippen LogP contribution in [-0.4, -0.2) is 38.7 Å². The van der Waals surface area contributed by atoms with Gasteiger partial charge in [0.05, 0.1) is 28.9 Å². The zero-order chi connectivity index (χ0) is 21.0. The Morgan fingerprint density at radius 1 is 1.19 bits per heavy atom. The lowest BCUT2D eigenvalue weighted by molar-refractivity contribution is -0.115. The zero-order valence-corrected chi connectivity index (χ0v) is 17.0. The highest BCUT2D eigenvalue weighted by molar-refractivity contribution is 7.98. The van der Waals surface area contributed by atoms with E-state index in [9.17, 15) is 4.79 Å². The van der Waals surface area contributed by atoms with Crippen LogP contribution in [0.1, 0.15) is 17.4 Å². The highest BCUT2D eigenvalue weighted by Gasteiger charge is 2.23. The van der Waals surface area contributed by atoms with E-state index in [-0.39, 0.29) is 17.7 Å². The van der Waals surface area contributed by atoms with Crippen molar-refractivity contribution in [2.45, 2.75) is 10.8 Å². The van der Waals surface area contributed by atoms with Gasteiger partial charge in [0.15, 0.2) is 0 Å². The quantitative estimate of drug-likeness (QED) is 0.401. The third kappa shape index (κ3) is 4.05. The minimum atomic E-state index is -0.300. The number of aromatic amines is 1. The average Bonchev–Trinajstić information content (AvgIpc) is 3.54. The lowest BCUT2D eigenvalue weighted by Gasteiger charge is -2.18. The molecule has 0 fully saturated rings. The molecule has 3 N–H and O–H groups in total. The number of carbonyl (C=O) groups is 1. The number of hydrogen-bond donors (Lipinski definition) is 3. The van der Waals surface area contributed by atoms with Crippen LogP contribution in [0.3, 0.4) is 0 Å². The van der Waals surface area contributed by atoms with Gasteiger partial charge in [-0.2, -0.15) is 15.4 Å². The number of benzene rings is 2. The predicted molar refractivity (Wildman–Crippen MR) is 116 cm³/mol. The van der Waals surface area contributed by atoms with Crippen molar-refractivity contribution in [3.05, 3.63) is 78.6 Å². The minimum Gasteiger partial charge on any atom is -0.448 e. The van der Waals surface area contributed by atoms with E-state index in [1.54, 1.807) is 12.4 Å². The number of fused-ring (bicyclic) bond motifs is 1. The highest BCUT2D eigenvalue weighted by atomic mass is 32.2. The first kappa shape index (κ1) is 19.1. The fraction of sp³-hybridized carbons (Fsp3) is 0.0952. The Morgan fingerprint density at radius 2 is 2.10 bits per heavy atom. The van der Waals surface area contributed by atoms with Gasteiger partial charge in [0.1, 0.15) is 12.0 Å². The maximum Gasteiger partial charge on any atom is 0.287 e. The summed E-state index contributed by atoms with van der Waals surface area (Å²) < 4.78 is 8.51. The summed E-state index contributed by atoms with van der Waals surface area (Å²) in [5, 5.41) is 13.5. The van der Waals surface area contributed by atoms with E-state index in [1.807, 2.05) is 48.5 Å². The topological polar surface area (TPSA) is 121 Å². The van der Waals surface area contributed by atoms with Gasteiger partial charge in [0, 0.05) is 12.1 Å². The maximum absolute atomic E-state index is 12.8. The molecule has 5 rings (SSSR count). The Labute approximate surface area is 181 Å². The normalized spacial score (nSPS) is 13.6. The number of aromatic nitrogens is 4. The minimum absolute atomic E-state index is 0.200. The number of rotatable bonds is 6. The first-order valence-corrected chi connectivity index (χ1v) is 10.3. The molecule has 0 saturated carbocycles. The second-order valence-corrected chi connectivity index (χ2v) is 7.59. The molecule has 0 bridgehead atoms. The van der Waals surface area contributed by atoms with Gasteiger partial charge in [-0.1, -0.05) is 36.4 Å². The van der Waals surface area contributed by atoms with Crippen LogP contribution >= 0.6 is 11.9 Å². The summed E-state index contributed by atoms with van der Waals surface area (Å²) >= 11 is 1.33. The van der Waals surface area contributed by atoms with E-state index in [1.165, 1.54) is 18.2 Å². The van der Waals surface area contributed by atoms with Gasteiger partial charge in [0.2, 0.25) is 11.7 Å². The standard InChI is InChI=1S/C21H17N7O2S/c29-20(23-11-15(21-22-8-9-30-21)13-4-2-1-3-5-13)19-25-16-7-6-14(10-18(16)31-27-19)17-12-24-28-26-17/h1-10,12,15H,11H2,(H,23,29)(H,25,27)(H,24,26,28). The number of aliphatic imine (C=N–C) groups is 1. The van der Waals surface area contributed by atoms with Crippen molar-refractivity contribution in [1.29, 1.82) is 0 Å². The molecule has 31 heavy (non-hydrogen) atoms. The molecule has 1 unspecified atom stereocenters. The summed E-state index contributed by atoms with van der Waals surface area (Å²) in [7, 11) is 0. The lowest BCUT2D eigenvalue weighted by atomic mass is 9.99. The number of amides is 1. The Hall–Kier alpha value is -3.92. The molecule has 10 heteroatoms. The first-order valence-electron chi connectivity index (χ1n) is 9.52. The fourth-order valence-corrected chi connectivity index (χ4v) is 4.00. The summed E-state index contributed by atoms with van der Waals surface area (Å²) in [6.45, 7) is 0.326. The van der Waals surface area contributed by atoms with Crippen molar-refractivity contribution in [3.63, 3.8) is 0 Å².